The van der Waals surface area contributed by atoms with Crippen molar-refractivity contribution in [1.29, 1.82) is 0 Å². The second kappa shape index (κ2) is 6.58. The molecule has 3 N–H and O–H groups in total. The van der Waals surface area contributed by atoms with Crippen molar-refractivity contribution in [1.82, 2.24) is 16.0 Å². The van der Waals surface area contributed by atoms with Gasteiger partial charge in [-0.25, -0.2) is 0 Å². The lowest BCUT2D eigenvalue weighted by molar-refractivity contribution is 0.223. The normalized spacial score (nSPS) is 32.8. The van der Waals surface area contributed by atoms with Crippen LogP contribution in [0.15, 0.2) is 0 Å². The smallest absolute Gasteiger partial charge is 0.0110 e. The lowest BCUT2D eigenvalue weighted by atomic mass is 9.83. The summed E-state index contributed by atoms with van der Waals surface area (Å²) in [6, 6.07) is 1.54. The van der Waals surface area contributed by atoms with Gasteiger partial charge in [-0.1, -0.05) is 12.8 Å². The fourth-order valence-electron chi connectivity index (χ4n) is 3.22. The van der Waals surface area contributed by atoms with E-state index in [1.165, 1.54) is 58.2 Å². The second-order valence-electron chi connectivity index (χ2n) is 5.40. The van der Waals surface area contributed by atoms with Crippen LogP contribution >= 0.6 is 0 Å². The van der Waals surface area contributed by atoms with Crippen molar-refractivity contribution in [3.05, 3.63) is 0 Å². The molecule has 94 valence electrons. The molecule has 1 aliphatic heterocycles. The van der Waals surface area contributed by atoms with Crippen LogP contribution in [0.1, 0.15) is 38.5 Å². The molecule has 2 rings (SSSR count). The summed E-state index contributed by atoms with van der Waals surface area (Å²) < 4.78 is 0. The monoisotopic (exact) mass is 225 g/mol. The van der Waals surface area contributed by atoms with Crippen molar-refractivity contribution >= 4 is 0 Å². The Kier molecular flexibility index (Phi) is 5.07. The maximum absolute atomic E-state index is 3.91. The molecular weight excluding hydrogens is 198 g/mol. The van der Waals surface area contributed by atoms with E-state index in [0.717, 1.165) is 18.0 Å². The van der Waals surface area contributed by atoms with Crippen LogP contribution in [0.3, 0.4) is 0 Å². The quantitative estimate of drug-likeness (QED) is 0.671. The Balaban J connectivity index is 1.80. The molecule has 1 saturated carbocycles. The molecule has 0 unspecified atom stereocenters. The summed E-state index contributed by atoms with van der Waals surface area (Å²) in [7, 11) is 2.08. The summed E-state index contributed by atoms with van der Waals surface area (Å²) in [5.41, 5.74) is 0. The molecule has 0 spiro atoms. The zero-order valence-corrected chi connectivity index (χ0v) is 10.6. The zero-order chi connectivity index (χ0) is 11.2. The average Bonchev–Trinajstić information content (AvgIpc) is 2.33. The van der Waals surface area contributed by atoms with Gasteiger partial charge >= 0.3 is 0 Å². The SMILES string of the molecule is CNC[C@H]1CCCC[C@@H]1NC1CCNCC1. The third-order valence-corrected chi connectivity index (χ3v) is 4.16. The number of hydrogen-bond donors (Lipinski definition) is 3. The molecule has 3 heteroatoms. The van der Waals surface area contributed by atoms with Gasteiger partial charge in [-0.3, -0.25) is 0 Å². The number of hydrogen-bond acceptors (Lipinski definition) is 3. The first-order valence-electron chi connectivity index (χ1n) is 7.01. The standard InChI is InChI=1S/C13H27N3/c1-14-10-11-4-2-3-5-13(11)16-12-6-8-15-9-7-12/h11-16H,2-10H2,1H3/t11-,13+/m1/s1. The molecule has 1 saturated heterocycles. The molecule has 2 fully saturated rings. The topological polar surface area (TPSA) is 36.1 Å². The summed E-state index contributed by atoms with van der Waals surface area (Å²) in [5, 5.41) is 10.7. The third-order valence-electron chi connectivity index (χ3n) is 4.16. The molecule has 2 atom stereocenters. The summed E-state index contributed by atoms with van der Waals surface area (Å²) in [5.74, 6) is 0.855. The van der Waals surface area contributed by atoms with Gasteiger partial charge in [0, 0.05) is 12.1 Å². The first-order chi connectivity index (χ1) is 7.90. The van der Waals surface area contributed by atoms with Crippen LogP contribution in [0.5, 0.6) is 0 Å². The Morgan fingerprint density at radius 2 is 1.81 bits per heavy atom. The largest absolute Gasteiger partial charge is 0.319 e. The van der Waals surface area contributed by atoms with Crippen LogP contribution in [-0.2, 0) is 0 Å². The molecule has 0 bridgehead atoms. The summed E-state index contributed by atoms with van der Waals surface area (Å²) >= 11 is 0. The van der Waals surface area contributed by atoms with Crippen molar-refractivity contribution in [2.45, 2.75) is 50.6 Å². The van der Waals surface area contributed by atoms with Gasteiger partial charge in [0.05, 0.1) is 0 Å². The lowest BCUT2D eigenvalue weighted by Gasteiger charge is -2.36. The minimum absolute atomic E-state index is 0.767. The van der Waals surface area contributed by atoms with Crippen molar-refractivity contribution in [3.63, 3.8) is 0 Å². The molecule has 16 heavy (non-hydrogen) atoms. The fraction of sp³-hybridized carbons (Fsp3) is 1.00. The van der Waals surface area contributed by atoms with Crippen LogP contribution in [-0.4, -0.2) is 38.8 Å². The maximum Gasteiger partial charge on any atom is 0.0110 e. The Bertz CT molecular complexity index is 188. The molecule has 3 nitrogen and oxygen atoms in total. The van der Waals surface area contributed by atoms with Gasteiger partial charge in [0.25, 0.3) is 0 Å². The highest BCUT2D eigenvalue weighted by Gasteiger charge is 2.26. The van der Waals surface area contributed by atoms with Gasteiger partial charge in [-0.2, -0.15) is 0 Å². The minimum Gasteiger partial charge on any atom is -0.319 e. The first-order valence-corrected chi connectivity index (χ1v) is 7.01. The van der Waals surface area contributed by atoms with Crippen LogP contribution in [0.4, 0.5) is 0 Å². The number of rotatable bonds is 4. The summed E-state index contributed by atoms with van der Waals surface area (Å²) in [6.07, 6.45) is 8.25. The first kappa shape index (κ1) is 12.3. The summed E-state index contributed by atoms with van der Waals surface area (Å²) in [4.78, 5) is 0. The number of piperidine rings is 1. The predicted molar refractivity (Wildman–Crippen MR) is 68.7 cm³/mol. The second-order valence-corrected chi connectivity index (χ2v) is 5.40. The Hall–Kier alpha value is -0.120. The molecule has 1 heterocycles. The van der Waals surface area contributed by atoms with E-state index < -0.39 is 0 Å². The maximum atomic E-state index is 3.91. The highest BCUT2D eigenvalue weighted by Crippen LogP contribution is 2.25. The van der Waals surface area contributed by atoms with Crippen molar-refractivity contribution < 1.29 is 0 Å². The Morgan fingerprint density at radius 1 is 1.06 bits per heavy atom. The van der Waals surface area contributed by atoms with Gasteiger partial charge in [0.2, 0.25) is 0 Å². The van der Waals surface area contributed by atoms with E-state index in [2.05, 4.69) is 23.0 Å². The third kappa shape index (κ3) is 3.44. The fourth-order valence-corrected chi connectivity index (χ4v) is 3.22. The molecule has 2 aliphatic rings. The van der Waals surface area contributed by atoms with E-state index in [0.29, 0.717) is 0 Å². The Labute approximate surface area is 99.8 Å². The molecule has 0 aromatic heterocycles. The van der Waals surface area contributed by atoms with Gasteiger partial charge < -0.3 is 16.0 Å². The molecular formula is C13H27N3. The van der Waals surface area contributed by atoms with E-state index in [1.807, 2.05) is 0 Å². The molecule has 0 aromatic rings. The summed E-state index contributed by atoms with van der Waals surface area (Å²) in [6.45, 7) is 3.57. The molecule has 0 radical (unpaired) electrons. The van der Waals surface area contributed by atoms with E-state index in [1.54, 1.807) is 0 Å². The Morgan fingerprint density at radius 3 is 2.56 bits per heavy atom. The average molecular weight is 225 g/mol. The number of nitrogens with one attached hydrogen (secondary N) is 3. The van der Waals surface area contributed by atoms with Crippen LogP contribution in [0, 0.1) is 5.92 Å². The van der Waals surface area contributed by atoms with Crippen molar-refractivity contribution in [2.75, 3.05) is 26.7 Å². The highest BCUT2D eigenvalue weighted by atomic mass is 15.0. The van der Waals surface area contributed by atoms with E-state index >= 15 is 0 Å². The zero-order valence-electron chi connectivity index (χ0n) is 10.6. The predicted octanol–water partition coefficient (Wildman–Crippen LogP) is 1.11. The van der Waals surface area contributed by atoms with Crippen LogP contribution < -0.4 is 16.0 Å². The minimum atomic E-state index is 0.767. The van der Waals surface area contributed by atoms with E-state index in [-0.39, 0.29) is 0 Å². The van der Waals surface area contributed by atoms with Crippen LogP contribution in [0.2, 0.25) is 0 Å². The van der Waals surface area contributed by atoms with Gasteiger partial charge in [0.1, 0.15) is 0 Å². The lowest BCUT2D eigenvalue weighted by Crippen LogP contribution is -2.50. The molecule has 0 aromatic carbocycles. The van der Waals surface area contributed by atoms with Crippen LogP contribution in [0.25, 0.3) is 0 Å². The molecule has 0 amide bonds. The highest BCUT2D eigenvalue weighted by molar-refractivity contribution is 4.86. The van der Waals surface area contributed by atoms with E-state index in [4.69, 9.17) is 0 Å². The van der Waals surface area contributed by atoms with Gasteiger partial charge in [-0.15, -0.1) is 0 Å². The van der Waals surface area contributed by atoms with Crippen molar-refractivity contribution in [3.8, 4) is 0 Å². The van der Waals surface area contributed by atoms with Gasteiger partial charge in [-0.05, 0) is 58.3 Å². The van der Waals surface area contributed by atoms with Gasteiger partial charge in [0.15, 0.2) is 0 Å². The molecule has 1 aliphatic carbocycles. The van der Waals surface area contributed by atoms with Crippen molar-refractivity contribution in [2.24, 2.45) is 5.92 Å². The van der Waals surface area contributed by atoms with E-state index in [9.17, 15) is 0 Å².